The van der Waals surface area contributed by atoms with Gasteiger partial charge in [-0.15, -0.1) is 16.9 Å². The second-order valence-electron chi connectivity index (χ2n) is 5.88. The SMILES string of the molecule is Cc1ccc(SCCCC(=O)Nc2nnc(-c3cc(Cl)cc(Cl)c3)o2)cc1. The first-order valence-electron chi connectivity index (χ1n) is 8.29. The maximum atomic E-state index is 12.0. The number of carbonyl (C=O) groups is 1. The van der Waals surface area contributed by atoms with E-state index in [-0.39, 0.29) is 17.8 Å². The molecule has 3 aromatic rings. The molecule has 3 rings (SSSR count). The van der Waals surface area contributed by atoms with Gasteiger partial charge in [0.2, 0.25) is 11.8 Å². The van der Waals surface area contributed by atoms with Crippen LogP contribution in [0.3, 0.4) is 0 Å². The highest BCUT2D eigenvalue weighted by molar-refractivity contribution is 7.99. The molecule has 0 atom stereocenters. The smallest absolute Gasteiger partial charge is 0.322 e. The van der Waals surface area contributed by atoms with E-state index in [0.717, 1.165) is 12.2 Å². The zero-order valence-electron chi connectivity index (χ0n) is 14.5. The molecule has 0 unspecified atom stereocenters. The summed E-state index contributed by atoms with van der Waals surface area (Å²) in [5.74, 6) is 0.926. The molecule has 27 heavy (non-hydrogen) atoms. The average molecular weight is 422 g/mol. The minimum absolute atomic E-state index is 0.0530. The fourth-order valence-electron chi connectivity index (χ4n) is 2.31. The van der Waals surface area contributed by atoms with Gasteiger partial charge in [-0.1, -0.05) is 46.0 Å². The van der Waals surface area contributed by atoms with E-state index in [4.69, 9.17) is 27.6 Å². The van der Waals surface area contributed by atoms with E-state index in [1.807, 2.05) is 0 Å². The number of halogens is 2. The first-order valence-corrected chi connectivity index (χ1v) is 10.0. The monoisotopic (exact) mass is 421 g/mol. The van der Waals surface area contributed by atoms with Crippen molar-refractivity contribution in [3.63, 3.8) is 0 Å². The molecule has 0 aliphatic heterocycles. The third kappa shape index (κ3) is 5.99. The number of amides is 1. The quantitative estimate of drug-likeness (QED) is 0.381. The molecule has 0 saturated heterocycles. The molecule has 0 spiro atoms. The predicted octanol–water partition coefficient (Wildman–Crippen LogP) is 5.86. The number of aryl methyl sites for hydroxylation is 1. The van der Waals surface area contributed by atoms with Gasteiger partial charge in [-0.25, -0.2) is 0 Å². The van der Waals surface area contributed by atoms with Crippen LogP contribution >= 0.6 is 35.0 Å². The summed E-state index contributed by atoms with van der Waals surface area (Å²) >= 11 is 13.7. The fourth-order valence-corrected chi connectivity index (χ4v) is 3.69. The molecule has 1 aromatic heterocycles. The van der Waals surface area contributed by atoms with E-state index in [1.165, 1.54) is 10.5 Å². The van der Waals surface area contributed by atoms with Crippen LogP contribution in [0.25, 0.3) is 11.5 Å². The number of hydrogen-bond donors (Lipinski definition) is 1. The van der Waals surface area contributed by atoms with Crippen LogP contribution in [0.4, 0.5) is 6.01 Å². The van der Waals surface area contributed by atoms with E-state index < -0.39 is 0 Å². The number of carbonyl (C=O) groups excluding carboxylic acids is 1. The summed E-state index contributed by atoms with van der Waals surface area (Å²) in [6, 6.07) is 13.3. The third-order valence-electron chi connectivity index (χ3n) is 3.62. The second-order valence-corrected chi connectivity index (χ2v) is 7.92. The first kappa shape index (κ1) is 19.7. The molecule has 1 amide bonds. The highest BCUT2D eigenvalue weighted by Gasteiger charge is 2.12. The highest BCUT2D eigenvalue weighted by Crippen LogP contribution is 2.27. The molecule has 1 N–H and O–H groups in total. The molecule has 1 heterocycles. The predicted molar refractivity (Wildman–Crippen MR) is 110 cm³/mol. The lowest BCUT2D eigenvalue weighted by atomic mass is 10.2. The van der Waals surface area contributed by atoms with Gasteiger partial charge in [0.15, 0.2) is 0 Å². The highest BCUT2D eigenvalue weighted by atomic mass is 35.5. The number of rotatable bonds is 7. The molecule has 0 aliphatic rings. The molecule has 0 aliphatic carbocycles. The van der Waals surface area contributed by atoms with Gasteiger partial charge >= 0.3 is 6.01 Å². The lowest BCUT2D eigenvalue weighted by molar-refractivity contribution is -0.116. The maximum Gasteiger partial charge on any atom is 0.322 e. The largest absolute Gasteiger partial charge is 0.403 e. The van der Waals surface area contributed by atoms with Gasteiger partial charge < -0.3 is 4.42 Å². The minimum atomic E-state index is -0.168. The molecule has 5 nitrogen and oxygen atoms in total. The standard InChI is InChI=1S/C19H17Cl2N3O2S/c1-12-4-6-16(7-5-12)27-8-2-3-17(25)22-19-24-23-18(26-19)13-9-14(20)11-15(21)10-13/h4-7,9-11H,2-3,8H2,1H3,(H,22,24,25). The summed E-state index contributed by atoms with van der Waals surface area (Å²) in [6.45, 7) is 2.06. The zero-order chi connectivity index (χ0) is 19.2. The molecule has 2 aromatic carbocycles. The number of nitrogens with one attached hydrogen (secondary N) is 1. The van der Waals surface area contributed by atoms with E-state index in [2.05, 4.69) is 46.7 Å². The number of aromatic nitrogens is 2. The van der Waals surface area contributed by atoms with Crippen LogP contribution in [0.15, 0.2) is 51.8 Å². The van der Waals surface area contributed by atoms with Gasteiger partial charge in [0, 0.05) is 26.9 Å². The van der Waals surface area contributed by atoms with Crippen LogP contribution in [0, 0.1) is 6.92 Å². The Hall–Kier alpha value is -2.02. The van der Waals surface area contributed by atoms with Gasteiger partial charge in [-0.2, -0.15) is 0 Å². The number of nitrogens with zero attached hydrogens (tertiary/aromatic N) is 2. The van der Waals surface area contributed by atoms with E-state index in [1.54, 1.807) is 30.0 Å². The van der Waals surface area contributed by atoms with E-state index in [9.17, 15) is 4.79 Å². The van der Waals surface area contributed by atoms with Gasteiger partial charge in [0.25, 0.3) is 0 Å². The van der Waals surface area contributed by atoms with Gasteiger partial charge in [0.1, 0.15) is 0 Å². The summed E-state index contributed by atoms with van der Waals surface area (Å²) in [5, 5.41) is 11.3. The number of benzene rings is 2. The van der Waals surface area contributed by atoms with Crippen LogP contribution < -0.4 is 5.32 Å². The van der Waals surface area contributed by atoms with Crippen LogP contribution in [0.2, 0.25) is 10.0 Å². The number of anilines is 1. The Morgan fingerprint density at radius 1 is 1.11 bits per heavy atom. The summed E-state index contributed by atoms with van der Waals surface area (Å²) in [4.78, 5) is 13.2. The van der Waals surface area contributed by atoms with Crippen molar-refractivity contribution in [2.24, 2.45) is 0 Å². The van der Waals surface area contributed by atoms with Crippen molar-refractivity contribution in [3.8, 4) is 11.5 Å². The topological polar surface area (TPSA) is 68.0 Å². The normalized spacial score (nSPS) is 10.8. The molecule has 0 radical (unpaired) electrons. The van der Waals surface area contributed by atoms with Crippen molar-refractivity contribution in [2.45, 2.75) is 24.7 Å². The number of hydrogen-bond acceptors (Lipinski definition) is 5. The molecule has 8 heteroatoms. The lowest BCUT2D eigenvalue weighted by Crippen LogP contribution is -2.11. The maximum absolute atomic E-state index is 12.0. The second kappa shape index (κ2) is 9.26. The molecule has 0 fully saturated rings. The van der Waals surface area contributed by atoms with Crippen molar-refractivity contribution < 1.29 is 9.21 Å². The van der Waals surface area contributed by atoms with Crippen LogP contribution in [0.5, 0.6) is 0 Å². The Kier molecular flexibility index (Phi) is 6.77. The van der Waals surface area contributed by atoms with Crippen LogP contribution in [-0.4, -0.2) is 21.9 Å². The van der Waals surface area contributed by atoms with E-state index >= 15 is 0 Å². The zero-order valence-corrected chi connectivity index (χ0v) is 16.9. The first-order chi connectivity index (χ1) is 13.0. The Morgan fingerprint density at radius 3 is 2.52 bits per heavy atom. The van der Waals surface area contributed by atoms with Crippen LogP contribution in [-0.2, 0) is 4.79 Å². The summed E-state index contributed by atoms with van der Waals surface area (Å²) in [7, 11) is 0. The third-order valence-corrected chi connectivity index (χ3v) is 5.15. The summed E-state index contributed by atoms with van der Waals surface area (Å²) in [6.07, 6.45) is 1.12. The molecular weight excluding hydrogens is 405 g/mol. The minimum Gasteiger partial charge on any atom is -0.403 e. The molecule has 0 saturated carbocycles. The van der Waals surface area contributed by atoms with Gasteiger partial charge in [-0.3, -0.25) is 10.1 Å². The van der Waals surface area contributed by atoms with Crippen molar-refractivity contribution in [1.29, 1.82) is 0 Å². The molecule has 140 valence electrons. The lowest BCUT2D eigenvalue weighted by Gasteiger charge is -2.02. The Labute approximate surface area is 171 Å². The molecule has 0 bridgehead atoms. The average Bonchev–Trinajstić information content (AvgIpc) is 3.08. The Balaban J connectivity index is 1.47. The van der Waals surface area contributed by atoms with Crippen LogP contribution in [0.1, 0.15) is 18.4 Å². The van der Waals surface area contributed by atoms with Crippen molar-refractivity contribution in [2.75, 3.05) is 11.1 Å². The summed E-state index contributed by atoms with van der Waals surface area (Å²) in [5.41, 5.74) is 1.83. The van der Waals surface area contributed by atoms with E-state index in [0.29, 0.717) is 22.0 Å². The number of thioether (sulfide) groups is 1. The van der Waals surface area contributed by atoms with Crippen molar-refractivity contribution in [3.05, 3.63) is 58.1 Å². The summed E-state index contributed by atoms with van der Waals surface area (Å²) < 4.78 is 5.46. The Bertz CT molecular complexity index is 909. The van der Waals surface area contributed by atoms with Crippen molar-refractivity contribution >= 4 is 46.9 Å². The van der Waals surface area contributed by atoms with Gasteiger partial charge in [-0.05, 0) is 49.4 Å². The molecular formula is C19H17Cl2N3O2S. The Morgan fingerprint density at radius 2 is 1.81 bits per heavy atom. The van der Waals surface area contributed by atoms with Gasteiger partial charge in [0.05, 0.1) is 0 Å². The fraction of sp³-hybridized carbons (Fsp3) is 0.211. The van der Waals surface area contributed by atoms with Crippen molar-refractivity contribution in [1.82, 2.24) is 10.2 Å².